The molecule has 25 heavy (non-hydrogen) atoms. The van der Waals surface area contributed by atoms with E-state index in [0.29, 0.717) is 12.1 Å². The van der Waals surface area contributed by atoms with Gasteiger partial charge in [-0.05, 0) is 33.1 Å². The van der Waals surface area contributed by atoms with Crippen molar-refractivity contribution in [1.29, 1.82) is 0 Å². The van der Waals surface area contributed by atoms with Crippen LogP contribution < -0.4 is 10.6 Å². The highest BCUT2D eigenvalue weighted by Gasteiger charge is 2.27. The lowest BCUT2D eigenvalue weighted by Crippen LogP contribution is -2.53. The number of piperidine rings is 1. The van der Waals surface area contributed by atoms with E-state index in [-0.39, 0.29) is 24.2 Å². The minimum absolute atomic E-state index is 0.0179. The Hall–Kier alpha value is -2.64. The third-order valence-electron chi connectivity index (χ3n) is 4.43. The fourth-order valence-electron chi connectivity index (χ4n) is 3.00. The summed E-state index contributed by atoms with van der Waals surface area (Å²) in [6.45, 7) is 4.39. The summed E-state index contributed by atoms with van der Waals surface area (Å²) < 4.78 is 0. The van der Waals surface area contributed by atoms with Crippen LogP contribution in [0.3, 0.4) is 0 Å². The number of amides is 3. The van der Waals surface area contributed by atoms with Crippen LogP contribution in [0, 0.1) is 10.1 Å². The number of hydrogen-bond donors (Lipinski definition) is 2. The van der Waals surface area contributed by atoms with Crippen molar-refractivity contribution < 1.29 is 14.5 Å². The summed E-state index contributed by atoms with van der Waals surface area (Å²) in [7, 11) is 0. The Bertz CT molecular complexity index is 649. The zero-order chi connectivity index (χ0) is 18.4. The van der Waals surface area contributed by atoms with E-state index >= 15 is 0 Å². The molecule has 0 aliphatic carbocycles. The number of urea groups is 1. The molecule has 0 spiro atoms. The molecule has 0 aromatic heterocycles. The standard InChI is InChI=1S/C17H24N4O4/c1-12-7-5-6-10-20(12)16(22)13(2)19-17(23)18-11-14-8-3-4-9-15(14)21(24)25/h3-4,8-9,12-13H,5-7,10-11H2,1-2H3,(H2,18,19,23)/t12-,13+/m1/s1. The summed E-state index contributed by atoms with van der Waals surface area (Å²) in [5.74, 6) is -0.104. The van der Waals surface area contributed by atoms with E-state index in [1.807, 2.05) is 6.92 Å². The molecular weight excluding hydrogens is 324 g/mol. The molecule has 2 atom stereocenters. The van der Waals surface area contributed by atoms with Crippen LogP contribution in [0.5, 0.6) is 0 Å². The van der Waals surface area contributed by atoms with Gasteiger partial charge in [0, 0.05) is 24.2 Å². The number of nitro benzene ring substituents is 1. The smallest absolute Gasteiger partial charge is 0.315 e. The van der Waals surface area contributed by atoms with Gasteiger partial charge in [0.05, 0.1) is 11.5 Å². The first-order valence-corrected chi connectivity index (χ1v) is 8.47. The molecule has 1 aromatic carbocycles. The highest BCUT2D eigenvalue weighted by molar-refractivity contribution is 5.87. The summed E-state index contributed by atoms with van der Waals surface area (Å²) >= 11 is 0. The van der Waals surface area contributed by atoms with Crippen LogP contribution in [0.15, 0.2) is 24.3 Å². The zero-order valence-corrected chi connectivity index (χ0v) is 14.5. The predicted octanol–water partition coefficient (Wildman–Crippen LogP) is 2.18. The Morgan fingerprint density at radius 3 is 2.76 bits per heavy atom. The Kier molecular flexibility index (Phi) is 6.32. The Morgan fingerprint density at radius 2 is 2.08 bits per heavy atom. The molecule has 8 nitrogen and oxygen atoms in total. The SMILES string of the molecule is C[C@H](NC(=O)NCc1ccccc1[N+](=O)[O-])C(=O)N1CCCC[C@H]1C. The van der Waals surface area contributed by atoms with Crippen LogP contribution in [0.2, 0.25) is 0 Å². The summed E-state index contributed by atoms with van der Waals surface area (Å²) in [4.78, 5) is 36.8. The fraction of sp³-hybridized carbons (Fsp3) is 0.529. The van der Waals surface area contributed by atoms with Gasteiger partial charge < -0.3 is 15.5 Å². The third kappa shape index (κ3) is 4.91. The van der Waals surface area contributed by atoms with E-state index in [9.17, 15) is 19.7 Å². The maximum atomic E-state index is 12.5. The molecule has 0 unspecified atom stereocenters. The van der Waals surface area contributed by atoms with Gasteiger partial charge >= 0.3 is 6.03 Å². The van der Waals surface area contributed by atoms with E-state index in [0.717, 1.165) is 19.3 Å². The Labute approximate surface area is 146 Å². The molecule has 3 amide bonds. The van der Waals surface area contributed by atoms with Crippen molar-refractivity contribution in [1.82, 2.24) is 15.5 Å². The number of carbonyl (C=O) groups is 2. The normalized spacial score (nSPS) is 18.3. The summed E-state index contributed by atoms with van der Waals surface area (Å²) in [5, 5.41) is 16.1. The van der Waals surface area contributed by atoms with E-state index < -0.39 is 17.0 Å². The van der Waals surface area contributed by atoms with Crippen LogP contribution in [0.1, 0.15) is 38.7 Å². The monoisotopic (exact) mass is 348 g/mol. The number of likely N-dealkylation sites (tertiary alicyclic amines) is 1. The van der Waals surface area contributed by atoms with Gasteiger partial charge in [0.25, 0.3) is 5.69 Å². The number of para-hydroxylation sites is 1. The van der Waals surface area contributed by atoms with Crippen molar-refractivity contribution in [3.63, 3.8) is 0 Å². The highest BCUT2D eigenvalue weighted by Crippen LogP contribution is 2.18. The van der Waals surface area contributed by atoms with E-state index in [1.165, 1.54) is 6.07 Å². The van der Waals surface area contributed by atoms with Crippen LogP contribution in [0.25, 0.3) is 0 Å². The number of nitrogens with zero attached hydrogens (tertiary/aromatic N) is 2. The number of nitrogens with one attached hydrogen (secondary N) is 2. The lowest BCUT2D eigenvalue weighted by Gasteiger charge is -2.35. The molecule has 1 fully saturated rings. The number of nitro groups is 1. The van der Waals surface area contributed by atoms with Crippen molar-refractivity contribution >= 4 is 17.6 Å². The van der Waals surface area contributed by atoms with Crippen molar-refractivity contribution in [2.45, 2.75) is 51.7 Å². The van der Waals surface area contributed by atoms with Gasteiger partial charge in [0.2, 0.25) is 5.91 Å². The van der Waals surface area contributed by atoms with Crippen LogP contribution >= 0.6 is 0 Å². The molecule has 2 rings (SSSR count). The first kappa shape index (κ1) is 18.7. The van der Waals surface area contributed by atoms with Gasteiger partial charge in [-0.1, -0.05) is 18.2 Å². The first-order valence-electron chi connectivity index (χ1n) is 8.47. The van der Waals surface area contributed by atoms with Gasteiger partial charge in [-0.3, -0.25) is 14.9 Å². The largest absolute Gasteiger partial charge is 0.338 e. The first-order chi connectivity index (χ1) is 11.9. The maximum absolute atomic E-state index is 12.5. The van der Waals surface area contributed by atoms with Gasteiger partial charge in [-0.15, -0.1) is 0 Å². The molecule has 1 aliphatic rings. The average Bonchev–Trinajstić information content (AvgIpc) is 2.60. The Morgan fingerprint density at radius 1 is 1.36 bits per heavy atom. The lowest BCUT2D eigenvalue weighted by atomic mass is 10.0. The van der Waals surface area contributed by atoms with E-state index in [4.69, 9.17) is 0 Å². The molecule has 8 heteroatoms. The summed E-state index contributed by atoms with van der Waals surface area (Å²) in [6, 6.07) is 5.23. The predicted molar refractivity (Wildman–Crippen MR) is 93.0 cm³/mol. The van der Waals surface area contributed by atoms with Crippen molar-refractivity contribution in [2.24, 2.45) is 0 Å². The fourth-order valence-corrected chi connectivity index (χ4v) is 3.00. The number of rotatable bonds is 5. The molecule has 2 N–H and O–H groups in total. The van der Waals surface area contributed by atoms with E-state index in [2.05, 4.69) is 10.6 Å². The highest BCUT2D eigenvalue weighted by atomic mass is 16.6. The van der Waals surface area contributed by atoms with Crippen LogP contribution in [-0.4, -0.2) is 40.4 Å². The molecule has 136 valence electrons. The maximum Gasteiger partial charge on any atom is 0.315 e. The average molecular weight is 348 g/mol. The van der Waals surface area contributed by atoms with E-state index in [1.54, 1.807) is 30.0 Å². The minimum Gasteiger partial charge on any atom is -0.338 e. The van der Waals surface area contributed by atoms with Crippen molar-refractivity contribution in [3.05, 3.63) is 39.9 Å². The molecule has 1 heterocycles. The van der Waals surface area contributed by atoms with Gasteiger partial charge in [-0.2, -0.15) is 0 Å². The van der Waals surface area contributed by atoms with Crippen LogP contribution in [-0.2, 0) is 11.3 Å². The molecule has 0 bridgehead atoms. The van der Waals surface area contributed by atoms with Gasteiger partial charge in [0.15, 0.2) is 0 Å². The summed E-state index contributed by atoms with van der Waals surface area (Å²) in [5.41, 5.74) is 0.361. The van der Waals surface area contributed by atoms with Crippen molar-refractivity contribution in [2.75, 3.05) is 6.54 Å². The second-order valence-electron chi connectivity index (χ2n) is 6.31. The molecule has 0 radical (unpaired) electrons. The quantitative estimate of drug-likeness (QED) is 0.628. The number of hydrogen-bond acceptors (Lipinski definition) is 4. The molecule has 1 aliphatic heterocycles. The van der Waals surface area contributed by atoms with Crippen LogP contribution in [0.4, 0.5) is 10.5 Å². The Balaban J connectivity index is 1.87. The molecular formula is C17H24N4O4. The van der Waals surface area contributed by atoms with Gasteiger partial charge in [0.1, 0.15) is 6.04 Å². The number of benzene rings is 1. The lowest BCUT2D eigenvalue weighted by molar-refractivity contribution is -0.385. The van der Waals surface area contributed by atoms with Crippen molar-refractivity contribution in [3.8, 4) is 0 Å². The second kappa shape index (κ2) is 8.46. The molecule has 0 saturated carbocycles. The molecule has 1 saturated heterocycles. The van der Waals surface area contributed by atoms with Gasteiger partial charge in [-0.25, -0.2) is 4.79 Å². The number of carbonyl (C=O) groups excluding carboxylic acids is 2. The minimum atomic E-state index is -0.647. The topological polar surface area (TPSA) is 105 Å². The zero-order valence-electron chi connectivity index (χ0n) is 14.5. The molecule has 1 aromatic rings. The summed E-state index contributed by atoms with van der Waals surface area (Å²) in [6.07, 6.45) is 3.07. The third-order valence-corrected chi connectivity index (χ3v) is 4.43. The second-order valence-corrected chi connectivity index (χ2v) is 6.31.